The molecule has 0 aromatic rings. The lowest BCUT2D eigenvalue weighted by atomic mass is 9.87. The van der Waals surface area contributed by atoms with E-state index < -0.39 is 0 Å². The first-order valence-electron chi connectivity index (χ1n) is 3.84. The number of carbonyl (C=O) groups is 1. The van der Waals surface area contributed by atoms with Crippen LogP contribution in [-0.4, -0.2) is 21.9 Å². The summed E-state index contributed by atoms with van der Waals surface area (Å²) in [7, 11) is 0. The smallest absolute Gasteiger partial charge is 0.220 e. The fourth-order valence-electron chi connectivity index (χ4n) is 1.11. The number of nitrogens with one attached hydrogen (secondary N) is 1. The third-order valence-electron chi connectivity index (χ3n) is 2.00. The monoisotopic (exact) mass is 268 g/mol. The zero-order valence-corrected chi connectivity index (χ0v) is 8.67. The molecule has 0 saturated heterocycles. The molecule has 1 saturated carbocycles. The minimum Gasteiger partial charge on any atom is -0.351 e. The van der Waals surface area contributed by atoms with E-state index in [1.165, 1.54) is 0 Å². The predicted octanol–water partition coefficient (Wildman–Crippen LogP) is 0.416. The van der Waals surface area contributed by atoms with E-state index >= 15 is 0 Å². The number of halogens is 1. The van der Waals surface area contributed by atoms with Crippen LogP contribution in [-0.2, 0) is 4.79 Å². The minimum absolute atomic E-state index is 0.104. The van der Waals surface area contributed by atoms with Crippen LogP contribution in [0.15, 0.2) is 0 Å². The Bertz CT molecular complexity index is 155. The van der Waals surface area contributed by atoms with Crippen LogP contribution in [0.2, 0.25) is 0 Å². The Kier molecular flexibility index (Phi) is 3.12. The van der Waals surface area contributed by atoms with Crippen molar-refractivity contribution in [1.29, 1.82) is 0 Å². The molecule has 3 N–H and O–H groups in total. The summed E-state index contributed by atoms with van der Waals surface area (Å²) in [6.07, 6.45) is 1.57. The molecule has 0 aromatic carbocycles. The highest BCUT2D eigenvalue weighted by Gasteiger charge is 2.37. The third-order valence-corrected chi connectivity index (χ3v) is 3.28. The molecule has 11 heavy (non-hydrogen) atoms. The molecule has 3 nitrogen and oxygen atoms in total. The zero-order chi connectivity index (χ0) is 8.43. The highest BCUT2D eigenvalue weighted by Crippen LogP contribution is 2.26. The van der Waals surface area contributed by atoms with Crippen molar-refractivity contribution in [1.82, 2.24) is 5.32 Å². The topological polar surface area (TPSA) is 55.1 Å². The lowest BCUT2D eigenvalue weighted by molar-refractivity contribution is -0.122. The first-order valence-corrected chi connectivity index (χ1v) is 5.08. The average molecular weight is 268 g/mol. The van der Waals surface area contributed by atoms with Gasteiger partial charge in [0.1, 0.15) is 0 Å². The normalized spacial score (nSPS) is 36.1. The van der Waals surface area contributed by atoms with Crippen molar-refractivity contribution < 1.29 is 4.79 Å². The van der Waals surface area contributed by atoms with Gasteiger partial charge in [-0.05, 0) is 6.42 Å². The van der Waals surface area contributed by atoms with Gasteiger partial charge < -0.3 is 11.1 Å². The Morgan fingerprint density at radius 3 is 2.82 bits per heavy atom. The highest BCUT2D eigenvalue weighted by atomic mass is 127. The molecule has 1 aliphatic carbocycles. The summed E-state index contributed by atoms with van der Waals surface area (Å²) in [4.78, 5) is 10.9. The molecule has 2 unspecified atom stereocenters. The molecule has 1 fully saturated rings. The van der Waals surface area contributed by atoms with E-state index in [1.807, 2.05) is 6.92 Å². The van der Waals surface area contributed by atoms with E-state index in [0.29, 0.717) is 10.3 Å². The summed E-state index contributed by atoms with van der Waals surface area (Å²) < 4.78 is 0.526. The second kappa shape index (κ2) is 3.71. The predicted molar refractivity (Wildman–Crippen MR) is 52.6 cm³/mol. The zero-order valence-electron chi connectivity index (χ0n) is 6.51. The average Bonchev–Trinajstić information content (AvgIpc) is 2.00. The van der Waals surface area contributed by atoms with Crippen molar-refractivity contribution in [3.05, 3.63) is 0 Å². The van der Waals surface area contributed by atoms with Crippen molar-refractivity contribution in [3.8, 4) is 0 Å². The van der Waals surface area contributed by atoms with Gasteiger partial charge in [-0.15, -0.1) is 0 Å². The van der Waals surface area contributed by atoms with Crippen molar-refractivity contribution >= 4 is 28.5 Å². The van der Waals surface area contributed by atoms with Crippen molar-refractivity contribution in [2.24, 2.45) is 5.73 Å². The molecule has 0 heterocycles. The number of alkyl halides is 1. The van der Waals surface area contributed by atoms with Crippen LogP contribution in [0, 0.1) is 0 Å². The molecule has 0 bridgehead atoms. The first kappa shape index (κ1) is 9.25. The number of rotatable bonds is 2. The van der Waals surface area contributed by atoms with Gasteiger partial charge in [0.05, 0.1) is 6.04 Å². The lowest BCUT2D eigenvalue weighted by Crippen LogP contribution is -2.61. The maximum Gasteiger partial charge on any atom is 0.220 e. The van der Waals surface area contributed by atoms with Gasteiger partial charge in [-0.1, -0.05) is 29.5 Å². The van der Waals surface area contributed by atoms with Gasteiger partial charge in [0.15, 0.2) is 0 Å². The van der Waals surface area contributed by atoms with Gasteiger partial charge in [-0.3, -0.25) is 4.79 Å². The lowest BCUT2D eigenvalue weighted by Gasteiger charge is -2.39. The Morgan fingerprint density at radius 2 is 2.45 bits per heavy atom. The Balaban J connectivity index is 2.31. The van der Waals surface area contributed by atoms with Crippen LogP contribution in [0.4, 0.5) is 0 Å². The SMILES string of the molecule is CCC(=O)NC1C(I)C[C@H]1N. The van der Waals surface area contributed by atoms with Crippen LogP contribution in [0.1, 0.15) is 19.8 Å². The van der Waals surface area contributed by atoms with E-state index in [0.717, 1.165) is 6.42 Å². The molecular formula is C7H13IN2O. The van der Waals surface area contributed by atoms with Gasteiger partial charge in [0.25, 0.3) is 0 Å². The molecule has 1 rings (SSSR count). The summed E-state index contributed by atoms with van der Waals surface area (Å²) >= 11 is 2.33. The third kappa shape index (κ3) is 2.05. The Hall–Kier alpha value is 0.160. The van der Waals surface area contributed by atoms with Gasteiger partial charge in [-0.2, -0.15) is 0 Å². The number of carbonyl (C=O) groups excluding carboxylic acids is 1. The van der Waals surface area contributed by atoms with Crippen molar-refractivity contribution in [2.75, 3.05) is 0 Å². The molecule has 0 aromatic heterocycles. The summed E-state index contributed by atoms with van der Waals surface area (Å²) in [5.74, 6) is 0.104. The summed E-state index contributed by atoms with van der Waals surface area (Å²) in [5, 5.41) is 2.89. The highest BCUT2D eigenvalue weighted by molar-refractivity contribution is 14.1. The first-order chi connectivity index (χ1) is 5.15. The molecule has 1 aliphatic rings. The maximum atomic E-state index is 10.9. The summed E-state index contributed by atoms with van der Waals surface area (Å²) in [6, 6.07) is 0.385. The molecule has 0 radical (unpaired) electrons. The fraction of sp³-hybridized carbons (Fsp3) is 0.857. The van der Waals surface area contributed by atoms with E-state index in [1.54, 1.807) is 0 Å². The van der Waals surface area contributed by atoms with Crippen LogP contribution in [0.3, 0.4) is 0 Å². The minimum atomic E-state index is 0.104. The molecule has 1 amide bonds. The number of hydrogen-bond acceptors (Lipinski definition) is 2. The second-order valence-electron chi connectivity index (χ2n) is 2.86. The second-order valence-corrected chi connectivity index (χ2v) is 4.46. The molecule has 3 atom stereocenters. The van der Waals surface area contributed by atoms with E-state index in [-0.39, 0.29) is 18.0 Å². The Labute approximate surface area is 80.2 Å². The number of hydrogen-bond donors (Lipinski definition) is 2. The molecule has 0 spiro atoms. The Morgan fingerprint density at radius 1 is 1.82 bits per heavy atom. The number of amides is 1. The standard InChI is InChI=1S/C7H13IN2O/c1-2-6(11)10-7-4(8)3-5(7)9/h4-5,7H,2-3,9H2,1H3,(H,10,11)/t4?,5-,7?/m1/s1. The van der Waals surface area contributed by atoms with Crippen LogP contribution in [0.5, 0.6) is 0 Å². The van der Waals surface area contributed by atoms with Gasteiger partial charge in [-0.25, -0.2) is 0 Å². The van der Waals surface area contributed by atoms with Gasteiger partial charge in [0.2, 0.25) is 5.91 Å². The van der Waals surface area contributed by atoms with E-state index in [2.05, 4.69) is 27.9 Å². The van der Waals surface area contributed by atoms with Gasteiger partial charge in [0, 0.05) is 16.4 Å². The molecule has 4 heteroatoms. The summed E-state index contributed by atoms with van der Waals surface area (Å²) in [5.41, 5.74) is 5.70. The largest absolute Gasteiger partial charge is 0.351 e. The molecular weight excluding hydrogens is 255 g/mol. The van der Waals surface area contributed by atoms with E-state index in [4.69, 9.17) is 5.73 Å². The molecule has 64 valence electrons. The quantitative estimate of drug-likeness (QED) is 0.563. The van der Waals surface area contributed by atoms with Crippen molar-refractivity contribution in [3.63, 3.8) is 0 Å². The molecule has 0 aliphatic heterocycles. The van der Waals surface area contributed by atoms with Crippen LogP contribution in [0.25, 0.3) is 0 Å². The maximum absolute atomic E-state index is 10.9. The number of nitrogens with two attached hydrogens (primary N) is 1. The van der Waals surface area contributed by atoms with Gasteiger partial charge >= 0.3 is 0 Å². The van der Waals surface area contributed by atoms with E-state index in [9.17, 15) is 4.79 Å². The van der Waals surface area contributed by atoms with Crippen molar-refractivity contribution in [2.45, 2.75) is 35.8 Å². The van der Waals surface area contributed by atoms with Crippen LogP contribution >= 0.6 is 22.6 Å². The fourth-order valence-corrected chi connectivity index (χ4v) is 2.41. The summed E-state index contributed by atoms with van der Waals surface area (Å²) in [6.45, 7) is 1.85. The van der Waals surface area contributed by atoms with Crippen LogP contribution < -0.4 is 11.1 Å².